The Kier molecular flexibility index (Phi) is 6.85. The van der Waals surface area contributed by atoms with Crippen molar-refractivity contribution in [3.05, 3.63) is 89.2 Å². The normalized spacial score (nSPS) is 11.6. The van der Waals surface area contributed by atoms with Gasteiger partial charge < -0.3 is 15.2 Å². The molecule has 0 unspecified atom stereocenters. The summed E-state index contributed by atoms with van der Waals surface area (Å²) in [5, 5.41) is 16.8. The van der Waals surface area contributed by atoms with Crippen molar-refractivity contribution >= 4 is 34.3 Å². The Morgan fingerprint density at radius 2 is 1.60 bits per heavy atom. The summed E-state index contributed by atoms with van der Waals surface area (Å²) in [5.74, 6) is 0.674. The van der Waals surface area contributed by atoms with Gasteiger partial charge in [-0.05, 0) is 80.0 Å². The van der Waals surface area contributed by atoms with Gasteiger partial charge in [0.15, 0.2) is 17.4 Å². The van der Waals surface area contributed by atoms with Crippen LogP contribution in [0.3, 0.4) is 0 Å². The van der Waals surface area contributed by atoms with Crippen LogP contribution in [-0.2, 0) is 0 Å². The summed E-state index contributed by atoms with van der Waals surface area (Å²) in [5.41, 5.74) is 5.02. The van der Waals surface area contributed by atoms with Gasteiger partial charge in [0.1, 0.15) is 5.75 Å². The Hall–Kier alpha value is -3.18. The zero-order valence-corrected chi connectivity index (χ0v) is 18.5. The van der Waals surface area contributed by atoms with Gasteiger partial charge in [-0.25, -0.2) is 0 Å². The minimum absolute atomic E-state index is 0.116. The number of benzene rings is 2. The molecule has 30 heavy (non-hydrogen) atoms. The molecule has 1 aromatic heterocycles. The number of pyridine rings is 1. The Labute approximate surface area is 183 Å². The molecular weight excluding hydrogens is 392 g/mol. The first-order chi connectivity index (χ1) is 14.4. The van der Waals surface area contributed by atoms with Crippen molar-refractivity contribution in [3.8, 4) is 5.75 Å². The van der Waals surface area contributed by atoms with Crippen LogP contribution in [0.2, 0.25) is 0 Å². The molecule has 4 nitrogen and oxygen atoms in total. The van der Waals surface area contributed by atoms with E-state index in [1.54, 1.807) is 4.57 Å². The van der Waals surface area contributed by atoms with Crippen LogP contribution >= 0.6 is 12.2 Å². The van der Waals surface area contributed by atoms with Crippen molar-refractivity contribution in [2.24, 2.45) is 0 Å². The summed E-state index contributed by atoms with van der Waals surface area (Å²) in [6.45, 7) is 8.57. The molecule has 1 heterocycles. The van der Waals surface area contributed by atoms with E-state index in [1.807, 2.05) is 94.7 Å². The zero-order valence-electron chi connectivity index (χ0n) is 17.7. The molecule has 0 spiro atoms. The minimum atomic E-state index is -0.116. The zero-order chi connectivity index (χ0) is 21.7. The SMILES string of the molecule is CCOc1ccc(NC(=S)C(=C([O-])c2cc(C)c(C)cc2C)[n+]2ccccc2)cc1. The predicted octanol–water partition coefficient (Wildman–Crippen LogP) is 4.42. The lowest BCUT2D eigenvalue weighted by atomic mass is 9.98. The Balaban J connectivity index is 2.04. The summed E-state index contributed by atoms with van der Waals surface area (Å²) < 4.78 is 7.25. The second-order valence-corrected chi connectivity index (χ2v) is 7.53. The molecule has 0 aliphatic rings. The summed E-state index contributed by atoms with van der Waals surface area (Å²) in [4.78, 5) is 0.359. The number of hydrogen-bond donors (Lipinski definition) is 1. The fourth-order valence-corrected chi connectivity index (χ4v) is 3.53. The lowest BCUT2D eigenvalue weighted by molar-refractivity contribution is -0.577. The monoisotopic (exact) mass is 418 g/mol. The maximum Gasteiger partial charge on any atom is 0.238 e. The average molecular weight is 419 g/mol. The van der Waals surface area contributed by atoms with Gasteiger partial charge in [0, 0.05) is 17.8 Å². The van der Waals surface area contributed by atoms with Gasteiger partial charge >= 0.3 is 0 Å². The maximum atomic E-state index is 13.6. The fraction of sp³-hybridized carbons (Fsp3) is 0.200. The second-order valence-electron chi connectivity index (χ2n) is 7.12. The van der Waals surface area contributed by atoms with Gasteiger partial charge in [-0.3, -0.25) is 0 Å². The molecule has 154 valence electrons. The molecule has 0 atom stereocenters. The van der Waals surface area contributed by atoms with E-state index < -0.39 is 0 Å². The largest absolute Gasteiger partial charge is 0.867 e. The van der Waals surface area contributed by atoms with E-state index in [0.717, 1.165) is 28.1 Å². The third kappa shape index (κ3) is 4.86. The molecule has 0 radical (unpaired) electrons. The second kappa shape index (κ2) is 9.55. The lowest BCUT2D eigenvalue weighted by Crippen LogP contribution is -2.39. The van der Waals surface area contributed by atoms with E-state index in [0.29, 0.717) is 22.9 Å². The standard InChI is InChI=1S/C25H26N2O2S/c1-5-29-21-11-9-20(10-12-21)26-25(30)23(27-13-7-6-8-14-27)24(28)22-16-18(3)17(2)15-19(22)4/h6-16H,5H2,1-4H3,(H-,26,28,30). The van der Waals surface area contributed by atoms with Crippen LogP contribution in [0.4, 0.5) is 5.69 Å². The van der Waals surface area contributed by atoms with Gasteiger partial charge in [0.2, 0.25) is 5.70 Å². The molecule has 0 aliphatic carbocycles. The van der Waals surface area contributed by atoms with Gasteiger partial charge in [-0.1, -0.05) is 30.4 Å². The fourth-order valence-electron chi connectivity index (χ4n) is 3.21. The van der Waals surface area contributed by atoms with Gasteiger partial charge in [-0.2, -0.15) is 4.57 Å². The smallest absolute Gasteiger partial charge is 0.238 e. The van der Waals surface area contributed by atoms with Crippen LogP contribution in [0.1, 0.15) is 29.2 Å². The number of nitrogens with zero attached hydrogens (tertiary/aromatic N) is 1. The van der Waals surface area contributed by atoms with E-state index >= 15 is 0 Å². The van der Waals surface area contributed by atoms with Crippen LogP contribution in [0, 0.1) is 20.8 Å². The molecule has 0 fully saturated rings. The third-order valence-corrected chi connectivity index (χ3v) is 5.21. The first-order valence-electron chi connectivity index (χ1n) is 9.91. The van der Waals surface area contributed by atoms with Crippen molar-refractivity contribution < 1.29 is 14.4 Å². The Morgan fingerprint density at radius 3 is 2.23 bits per heavy atom. The molecule has 2 aromatic carbocycles. The van der Waals surface area contributed by atoms with Crippen LogP contribution < -0.4 is 19.7 Å². The van der Waals surface area contributed by atoms with E-state index in [9.17, 15) is 5.11 Å². The van der Waals surface area contributed by atoms with Crippen molar-refractivity contribution in [2.45, 2.75) is 27.7 Å². The van der Waals surface area contributed by atoms with E-state index in [1.165, 1.54) is 0 Å². The lowest BCUT2D eigenvalue weighted by Gasteiger charge is -2.20. The van der Waals surface area contributed by atoms with E-state index in [4.69, 9.17) is 17.0 Å². The predicted molar refractivity (Wildman–Crippen MR) is 124 cm³/mol. The highest BCUT2D eigenvalue weighted by Crippen LogP contribution is 2.24. The Morgan fingerprint density at radius 1 is 0.967 bits per heavy atom. The Bertz CT molecular complexity index is 1070. The quantitative estimate of drug-likeness (QED) is 0.279. The highest BCUT2D eigenvalue weighted by molar-refractivity contribution is 7.81. The summed E-state index contributed by atoms with van der Waals surface area (Å²) in [6.07, 6.45) is 3.66. The molecule has 0 saturated carbocycles. The molecule has 0 aliphatic heterocycles. The average Bonchev–Trinajstić information content (AvgIpc) is 2.73. The molecule has 5 heteroatoms. The van der Waals surface area contributed by atoms with Crippen molar-refractivity contribution in [1.82, 2.24) is 0 Å². The number of rotatable bonds is 6. The minimum Gasteiger partial charge on any atom is -0.867 e. The van der Waals surface area contributed by atoms with Gasteiger partial charge in [-0.15, -0.1) is 0 Å². The molecule has 3 aromatic rings. The van der Waals surface area contributed by atoms with Crippen LogP contribution in [0.15, 0.2) is 67.0 Å². The number of ether oxygens (including phenoxy) is 1. The van der Waals surface area contributed by atoms with Crippen molar-refractivity contribution in [3.63, 3.8) is 0 Å². The highest BCUT2D eigenvalue weighted by Gasteiger charge is 2.19. The molecule has 0 saturated heterocycles. The summed E-state index contributed by atoms with van der Waals surface area (Å²) >= 11 is 5.68. The molecule has 0 bridgehead atoms. The van der Waals surface area contributed by atoms with E-state index in [2.05, 4.69) is 5.32 Å². The first kappa shape index (κ1) is 21.5. The topological polar surface area (TPSA) is 48.2 Å². The van der Waals surface area contributed by atoms with Crippen LogP contribution in [0.25, 0.3) is 11.5 Å². The number of hydrogen-bond acceptors (Lipinski definition) is 3. The van der Waals surface area contributed by atoms with E-state index in [-0.39, 0.29) is 5.76 Å². The molecular formula is C25H26N2O2S. The number of aromatic nitrogens is 1. The number of thiocarbonyl (C=S) groups is 1. The van der Waals surface area contributed by atoms with Crippen molar-refractivity contribution in [1.29, 1.82) is 0 Å². The highest BCUT2D eigenvalue weighted by atomic mass is 32.1. The first-order valence-corrected chi connectivity index (χ1v) is 10.3. The van der Waals surface area contributed by atoms with Crippen LogP contribution in [-0.4, -0.2) is 11.6 Å². The number of nitrogens with one attached hydrogen (secondary N) is 1. The number of aryl methyl sites for hydroxylation is 3. The molecule has 3 rings (SSSR count). The molecule has 1 N–H and O–H groups in total. The molecule has 0 amide bonds. The van der Waals surface area contributed by atoms with Crippen LogP contribution in [0.5, 0.6) is 5.75 Å². The summed E-state index contributed by atoms with van der Waals surface area (Å²) in [7, 11) is 0. The van der Waals surface area contributed by atoms with Gasteiger partial charge in [0.25, 0.3) is 0 Å². The van der Waals surface area contributed by atoms with Crippen molar-refractivity contribution in [2.75, 3.05) is 11.9 Å². The third-order valence-electron chi connectivity index (χ3n) is 4.91. The maximum absolute atomic E-state index is 13.6. The summed E-state index contributed by atoms with van der Waals surface area (Å²) in [6, 6.07) is 17.2. The number of anilines is 1. The van der Waals surface area contributed by atoms with Gasteiger partial charge in [0.05, 0.1) is 6.61 Å².